The Kier molecular flexibility index (Phi) is 3.81. The van der Waals surface area contributed by atoms with Gasteiger partial charge in [0, 0.05) is 12.7 Å². The maximum absolute atomic E-state index is 5.47. The summed E-state index contributed by atoms with van der Waals surface area (Å²) in [6.07, 6.45) is 0. The quantitative estimate of drug-likeness (QED) is 0.461. The second-order valence-corrected chi connectivity index (χ2v) is 4.12. The average molecular weight is 242 g/mol. The Balaban J connectivity index is 2.53. The number of hydrogen-bond acceptors (Lipinski definition) is 2. The van der Waals surface area contributed by atoms with Gasteiger partial charge in [0.1, 0.15) is 5.75 Å². The lowest BCUT2D eigenvalue weighted by molar-refractivity contribution is 0.0512. The molecular formula is C14H14O2Si. The van der Waals surface area contributed by atoms with Crippen LogP contribution >= 0.6 is 0 Å². The Hall–Kier alpha value is -1.76. The predicted molar refractivity (Wildman–Crippen MR) is 73.3 cm³/mol. The molecule has 0 spiro atoms. The van der Waals surface area contributed by atoms with Gasteiger partial charge >= 0.3 is 0 Å². The molecule has 0 fully saturated rings. The van der Waals surface area contributed by atoms with Crippen molar-refractivity contribution in [2.24, 2.45) is 0 Å². The molecule has 17 heavy (non-hydrogen) atoms. The predicted octanol–water partition coefficient (Wildman–Crippen LogP) is 1.50. The normalized spacial score (nSPS) is 9.94. The van der Waals surface area contributed by atoms with Crippen molar-refractivity contribution in [3.05, 3.63) is 42.0 Å². The third-order valence-electron chi connectivity index (χ3n) is 2.44. The fraction of sp³-hybridized carbons (Fsp3) is 0.143. The summed E-state index contributed by atoms with van der Waals surface area (Å²) >= 11 is 0. The highest BCUT2D eigenvalue weighted by Crippen LogP contribution is 2.24. The van der Waals surface area contributed by atoms with Crippen LogP contribution in [0.3, 0.4) is 0 Å². The van der Waals surface area contributed by atoms with Crippen LogP contribution in [-0.4, -0.2) is 24.1 Å². The third-order valence-corrected chi connectivity index (χ3v) is 2.69. The molecule has 0 heterocycles. The fourth-order valence-corrected chi connectivity index (χ4v) is 2.00. The van der Waals surface area contributed by atoms with E-state index < -0.39 is 0 Å². The molecule has 0 aliphatic heterocycles. The van der Waals surface area contributed by atoms with Crippen molar-refractivity contribution in [2.75, 3.05) is 13.9 Å². The Bertz CT molecular complexity index is 582. The first kappa shape index (κ1) is 11.7. The topological polar surface area (TPSA) is 18.5 Å². The SMILES string of the molecule is COCOc1cc(C#C[SiH3])c2ccccc2c1. The minimum Gasteiger partial charge on any atom is -0.468 e. The summed E-state index contributed by atoms with van der Waals surface area (Å²) in [6, 6.07) is 12.2. The van der Waals surface area contributed by atoms with Crippen LogP contribution in [0.4, 0.5) is 0 Å². The van der Waals surface area contributed by atoms with Gasteiger partial charge < -0.3 is 9.47 Å². The highest BCUT2D eigenvalue weighted by atomic mass is 28.1. The van der Waals surface area contributed by atoms with Crippen LogP contribution < -0.4 is 4.74 Å². The van der Waals surface area contributed by atoms with E-state index in [0.29, 0.717) is 0 Å². The molecule has 86 valence electrons. The van der Waals surface area contributed by atoms with E-state index in [0.717, 1.165) is 26.9 Å². The van der Waals surface area contributed by atoms with Gasteiger partial charge in [-0.15, -0.1) is 5.54 Å². The molecule has 0 aliphatic carbocycles. The summed E-state index contributed by atoms with van der Waals surface area (Å²) in [5, 5.41) is 2.31. The van der Waals surface area contributed by atoms with E-state index in [9.17, 15) is 0 Å². The Labute approximate surface area is 104 Å². The molecule has 0 aliphatic rings. The van der Waals surface area contributed by atoms with Gasteiger partial charge in [0.2, 0.25) is 0 Å². The van der Waals surface area contributed by atoms with E-state index in [4.69, 9.17) is 9.47 Å². The summed E-state index contributed by atoms with van der Waals surface area (Å²) in [6.45, 7) is 0.256. The van der Waals surface area contributed by atoms with Gasteiger partial charge in [0.05, 0.1) is 10.2 Å². The fourth-order valence-electron chi connectivity index (χ4n) is 1.73. The summed E-state index contributed by atoms with van der Waals surface area (Å²) < 4.78 is 10.4. The van der Waals surface area contributed by atoms with Crippen molar-refractivity contribution in [1.82, 2.24) is 0 Å². The molecule has 2 rings (SSSR count). The van der Waals surface area contributed by atoms with Crippen molar-refractivity contribution < 1.29 is 9.47 Å². The first-order chi connectivity index (χ1) is 8.35. The molecule has 0 N–H and O–H groups in total. The summed E-state index contributed by atoms with van der Waals surface area (Å²) in [5.74, 6) is 3.95. The van der Waals surface area contributed by atoms with Crippen LogP contribution in [-0.2, 0) is 4.74 Å². The number of rotatable bonds is 3. The first-order valence-electron chi connectivity index (χ1n) is 5.42. The van der Waals surface area contributed by atoms with E-state index in [1.807, 2.05) is 24.3 Å². The molecule has 0 saturated heterocycles. The van der Waals surface area contributed by atoms with Gasteiger partial charge in [-0.25, -0.2) is 0 Å². The lowest BCUT2D eigenvalue weighted by atomic mass is 10.0. The highest BCUT2D eigenvalue weighted by molar-refractivity contribution is 6.22. The Morgan fingerprint density at radius 1 is 1.24 bits per heavy atom. The number of methoxy groups -OCH3 is 1. The molecule has 0 radical (unpaired) electrons. The zero-order valence-electron chi connectivity index (χ0n) is 9.99. The van der Waals surface area contributed by atoms with E-state index in [-0.39, 0.29) is 6.79 Å². The van der Waals surface area contributed by atoms with E-state index in [1.54, 1.807) is 7.11 Å². The number of hydrogen-bond donors (Lipinski definition) is 0. The number of benzene rings is 2. The van der Waals surface area contributed by atoms with Crippen molar-refractivity contribution in [1.29, 1.82) is 0 Å². The molecule has 0 saturated carbocycles. The maximum atomic E-state index is 5.47. The number of fused-ring (bicyclic) bond motifs is 1. The van der Waals surface area contributed by atoms with Gasteiger partial charge in [-0.3, -0.25) is 0 Å². The van der Waals surface area contributed by atoms with Crippen LogP contribution in [0.1, 0.15) is 5.56 Å². The van der Waals surface area contributed by atoms with Gasteiger partial charge in [-0.1, -0.05) is 30.2 Å². The molecule has 2 aromatic carbocycles. The first-order valence-corrected chi connectivity index (χ1v) is 6.42. The van der Waals surface area contributed by atoms with Gasteiger partial charge in [0.25, 0.3) is 0 Å². The lowest BCUT2D eigenvalue weighted by Crippen LogP contribution is -1.99. The number of ether oxygens (including phenoxy) is 2. The summed E-state index contributed by atoms with van der Waals surface area (Å²) in [4.78, 5) is 0. The lowest BCUT2D eigenvalue weighted by Gasteiger charge is -2.08. The molecule has 2 nitrogen and oxygen atoms in total. The highest BCUT2D eigenvalue weighted by Gasteiger charge is 2.02. The van der Waals surface area contributed by atoms with Crippen molar-refractivity contribution in [2.45, 2.75) is 0 Å². The van der Waals surface area contributed by atoms with Crippen LogP contribution in [0.25, 0.3) is 10.8 Å². The maximum Gasteiger partial charge on any atom is 0.188 e. The monoisotopic (exact) mass is 242 g/mol. The summed E-state index contributed by atoms with van der Waals surface area (Å²) in [5.41, 5.74) is 4.08. The largest absolute Gasteiger partial charge is 0.468 e. The molecule has 0 aromatic heterocycles. The molecule has 2 aromatic rings. The second-order valence-electron chi connectivity index (χ2n) is 3.62. The van der Waals surface area contributed by atoms with Gasteiger partial charge in [0.15, 0.2) is 6.79 Å². The zero-order chi connectivity index (χ0) is 12.1. The van der Waals surface area contributed by atoms with Crippen molar-refractivity contribution in [3.63, 3.8) is 0 Å². The average Bonchev–Trinajstić information content (AvgIpc) is 2.37. The van der Waals surface area contributed by atoms with E-state index in [2.05, 4.69) is 23.6 Å². The van der Waals surface area contributed by atoms with Crippen molar-refractivity contribution >= 4 is 21.0 Å². The van der Waals surface area contributed by atoms with Crippen molar-refractivity contribution in [3.8, 4) is 17.2 Å². The van der Waals surface area contributed by atoms with E-state index >= 15 is 0 Å². The minimum atomic E-state index is 0.256. The molecule has 0 atom stereocenters. The summed E-state index contributed by atoms with van der Waals surface area (Å²) in [7, 11) is 2.48. The standard InChI is InChI=1S/C14H14O2Si/c1-15-10-16-13-8-11-4-2-3-5-14(11)12(9-13)6-7-17/h2-5,8-9H,10H2,1,17H3. The van der Waals surface area contributed by atoms with Crippen LogP contribution in [0.5, 0.6) is 5.75 Å². The van der Waals surface area contributed by atoms with Gasteiger partial charge in [-0.2, -0.15) is 0 Å². The Morgan fingerprint density at radius 2 is 2.06 bits per heavy atom. The minimum absolute atomic E-state index is 0.256. The third kappa shape index (κ3) is 2.67. The van der Waals surface area contributed by atoms with Crippen LogP contribution in [0.15, 0.2) is 36.4 Å². The van der Waals surface area contributed by atoms with Crippen LogP contribution in [0.2, 0.25) is 0 Å². The second kappa shape index (κ2) is 5.53. The smallest absolute Gasteiger partial charge is 0.188 e. The molecular weight excluding hydrogens is 228 g/mol. The molecule has 0 unspecified atom stereocenters. The zero-order valence-corrected chi connectivity index (χ0v) is 12.0. The Morgan fingerprint density at radius 3 is 2.82 bits per heavy atom. The van der Waals surface area contributed by atoms with Gasteiger partial charge in [-0.05, 0) is 22.9 Å². The molecule has 0 bridgehead atoms. The molecule has 0 amide bonds. The van der Waals surface area contributed by atoms with E-state index in [1.165, 1.54) is 5.39 Å². The molecule has 3 heteroatoms. The van der Waals surface area contributed by atoms with Crippen LogP contribution in [0, 0.1) is 11.5 Å².